The van der Waals surface area contributed by atoms with Crippen LogP contribution >= 0.6 is 11.6 Å². The predicted octanol–water partition coefficient (Wildman–Crippen LogP) is 4.78. The largest absolute Gasteiger partial charge is 0.505 e. The van der Waals surface area contributed by atoms with Gasteiger partial charge in [0, 0.05) is 22.2 Å². The highest BCUT2D eigenvalue weighted by molar-refractivity contribution is 6.31. The normalized spacial score (nSPS) is 16.5. The lowest BCUT2D eigenvalue weighted by atomic mass is 9.95. The number of fused-ring (bicyclic) bond motifs is 1. The molecule has 2 aromatic carbocycles. The van der Waals surface area contributed by atoms with Crippen LogP contribution in [0.3, 0.4) is 0 Å². The maximum atomic E-state index is 10.9. The van der Waals surface area contributed by atoms with E-state index in [0.29, 0.717) is 5.52 Å². The lowest BCUT2D eigenvalue weighted by Gasteiger charge is -2.29. The summed E-state index contributed by atoms with van der Waals surface area (Å²) in [6, 6.07) is 15.7. The molecule has 0 aliphatic carbocycles. The van der Waals surface area contributed by atoms with Gasteiger partial charge in [0.05, 0.1) is 6.04 Å². The molecule has 1 fully saturated rings. The van der Waals surface area contributed by atoms with Crippen LogP contribution in [0.25, 0.3) is 10.9 Å². The Morgan fingerprint density at radius 2 is 1.75 bits per heavy atom. The summed E-state index contributed by atoms with van der Waals surface area (Å²) in [6.07, 6.45) is 4.06. The Balaban J connectivity index is 1.91. The van der Waals surface area contributed by atoms with Gasteiger partial charge in [0.1, 0.15) is 11.3 Å². The van der Waals surface area contributed by atoms with E-state index in [1.54, 1.807) is 6.20 Å². The first-order valence-corrected chi connectivity index (χ1v) is 8.68. The number of hydrogen-bond acceptors (Lipinski definition) is 3. The lowest BCUT2D eigenvalue weighted by molar-refractivity contribution is 0.276. The molecular weight excluding hydrogens is 320 g/mol. The summed E-state index contributed by atoms with van der Waals surface area (Å²) in [5, 5.41) is 12.6. The highest BCUT2D eigenvalue weighted by Crippen LogP contribution is 2.41. The number of benzene rings is 2. The lowest BCUT2D eigenvalue weighted by Crippen LogP contribution is -2.27. The van der Waals surface area contributed by atoms with Crippen LogP contribution in [0.1, 0.15) is 30.0 Å². The number of phenolic OH excluding ortho intramolecular Hbond substituents is 1. The average Bonchev–Trinajstić information content (AvgIpc) is 3.13. The van der Waals surface area contributed by atoms with Crippen LogP contribution in [-0.4, -0.2) is 28.1 Å². The molecule has 0 spiro atoms. The Hall–Kier alpha value is -2.10. The molecule has 4 heteroatoms. The molecule has 4 rings (SSSR count). The molecule has 2 heterocycles. The van der Waals surface area contributed by atoms with Crippen molar-refractivity contribution in [2.75, 3.05) is 13.1 Å². The van der Waals surface area contributed by atoms with Gasteiger partial charge in [0.2, 0.25) is 0 Å². The zero-order valence-corrected chi connectivity index (χ0v) is 14.1. The zero-order chi connectivity index (χ0) is 16.5. The van der Waals surface area contributed by atoms with Gasteiger partial charge in [-0.05, 0) is 43.6 Å². The van der Waals surface area contributed by atoms with Crippen LogP contribution < -0.4 is 0 Å². The molecule has 0 saturated carbocycles. The third kappa shape index (κ3) is 2.64. The standard InChI is InChI=1S/C20H19ClN2O/c21-17-8-2-1-7-15(17)19(23-12-3-4-13-23)16-10-9-14-6-5-11-22-18(14)20(16)24/h1-2,5-11,19,24H,3-4,12-13H2/t19-/m1/s1. The van der Waals surface area contributed by atoms with Crippen LogP contribution in [0.4, 0.5) is 0 Å². The predicted molar refractivity (Wildman–Crippen MR) is 97.5 cm³/mol. The van der Waals surface area contributed by atoms with Crippen LogP contribution in [0.15, 0.2) is 54.7 Å². The van der Waals surface area contributed by atoms with Crippen molar-refractivity contribution in [3.05, 3.63) is 70.9 Å². The van der Waals surface area contributed by atoms with E-state index in [1.807, 2.05) is 48.5 Å². The highest BCUT2D eigenvalue weighted by Gasteiger charge is 2.29. The Kier molecular flexibility index (Phi) is 4.13. The van der Waals surface area contributed by atoms with Crippen LogP contribution in [0, 0.1) is 0 Å². The van der Waals surface area contributed by atoms with Crippen molar-refractivity contribution in [1.82, 2.24) is 9.88 Å². The van der Waals surface area contributed by atoms with Gasteiger partial charge in [-0.15, -0.1) is 0 Å². The molecule has 0 bridgehead atoms. The van der Waals surface area contributed by atoms with Gasteiger partial charge < -0.3 is 5.11 Å². The Bertz CT molecular complexity index is 874. The van der Waals surface area contributed by atoms with E-state index in [-0.39, 0.29) is 11.8 Å². The average molecular weight is 339 g/mol. The monoisotopic (exact) mass is 338 g/mol. The number of hydrogen-bond donors (Lipinski definition) is 1. The number of rotatable bonds is 3. The van der Waals surface area contributed by atoms with E-state index in [0.717, 1.165) is 34.6 Å². The van der Waals surface area contributed by atoms with Crippen molar-refractivity contribution in [2.45, 2.75) is 18.9 Å². The van der Waals surface area contributed by atoms with Crippen LogP contribution in [-0.2, 0) is 0 Å². The van der Waals surface area contributed by atoms with Gasteiger partial charge in [0.25, 0.3) is 0 Å². The first-order chi connectivity index (χ1) is 11.8. The molecule has 3 aromatic rings. The maximum Gasteiger partial charge on any atom is 0.146 e. The van der Waals surface area contributed by atoms with Crippen molar-refractivity contribution in [1.29, 1.82) is 0 Å². The highest BCUT2D eigenvalue weighted by atomic mass is 35.5. The fraction of sp³-hybridized carbons (Fsp3) is 0.250. The molecule has 1 aromatic heterocycles. The summed E-state index contributed by atoms with van der Waals surface area (Å²) < 4.78 is 0. The Morgan fingerprint density at radius 3 is 2.54 bits per heavy atom. The van der Waals surface area contributed by atoms with Crippen molar-refractivity contribution in [2.24, 2.45) is 0 Å². The fourth-order valence-electron chi connectivity index (χ4n) is 3.62. The molecule has 0 amide bonds. The van der Waals surface area contributed by atoms with Gasteiger partial charge in [-0.2, -0.15) is 0 Å². The van der Waals surface area contributed by atoms with Gasteiger partial charge in [-0.3, -0.25) is 9.88 Å². The topological polar surface area (TPSA) is 36.4 Å². The second-order valence-electron chi connectivity index (χ2n) is 6.25. The Labute approximate surface area is 146 Å². The second-order valence-corrected chi connectivity index (χ2v) is 6.65. The van der Waals surface area contributed by atoms with Crippen molar-refractivity contribution >= 4 is 22.5 Å². The number of phenols is 1. The van der Waals surface area contributed by atoms with E-state index in [4.69, 9.17) is 11.6 Å². The molecule has 122 valence electrons. The molecule has 1 N–H and O–H groups in total. The quantitative estimate of drug-likeness (QED) is 0.746. The molecule has 1 aliphatic heterocycles. The molecule has 3 nitrogen and oxygen atoms in total. The summed E-state index contributed by atoms with van der Waals surface area (Å²) in [7, 11) is 0. The SMILES string of the molecule is Oc1c([C@@H](c2ccccc2Cl)N2CCCC2)ccc2cccnc12. The summed E-state index contributed by atoms with van der Waals surface area (Å²) in [4.78, 5) is 6.76. The minimum atomic E-state index is -0.0485. The number of aromatic nitrogens is 1. The Morgan fingerprint density at radius 1 is 0.958 bits per heavy atom. The van der Waals surface area contributed by atoms with Gasteiger partial charge >= 0.3 is 0 Å². The third-order valence-corrected chi connectivity index (χ3v) is 5.12. The zero-order valence-electron chi connectivity index (χ0n) is 13.3. The molecule has 1 atom stereocenters. The number of nitrogens with zero attached hydrogens (tertiary/aromatic N) is 2. The van der Waals surface area contributed by atoms with E-state index in [2.05, 4.69) is 9.88 Å². The fourth-order valence-corrected chi connectivity index (χ4v) is 3.86. The van der Waals surface area contributed by atoms with Gasteiger partial charge in [-0.1, -0.05) is 48.0 Å². The molecule has 1 saturated heterocycles. The first kappa shape index (κ1) is 15.4. The summed E-state index contributed by atoms with van der Waals surface area (Å²) in [6.45, 7) is 2.02. The molecule has 0 radical (unpaired) electrons. The number of likely N-dealkylation sites (tertiary alicyclic amines) is 1. The number of aromatic hydroxyl groups is 1. The molecule has 24 heavy (non-hydrogen) atoms. The minimum absolute atomic E-state index is 0.0485. The number of halogens is 1. The third-order valence-electron chi connectivity index (χ3n) is 4.78. The van der Waals surface area contributed by atoms with E-state index >= 15 is 0 Å². The smallest absolute Gasteiger partial charge is 0.146 e. The molecule has 0 unspecified atom stereocenters. The number of pyridine rings is 1. The van der Waals surface area contributed by atoms with E-state index in [9.17, 15) is 5.11 Å². The van der Waals surface area contributed by atoms with Crippen molar-refractivity contribution < 1.29 is 5.11 Å². The van der Waals surface area contributed by atoms with Crippen molar-refractivity contribution in [3.8, 4) is 5.75 Å². The summed E-state index contributed by atoms with van der Waals surface area (Å²) in [5.41, 5.74) is 2.55. The van der Waals surface area contributed by atoms with Crippen molar-refractivity contribution in [3.63, 3.8) is 0 Å². The maximum absolute atomic E-state index is 10.9. The van der Waals surface area contributed by atoms with Gasteiger partial charge in [0.15, 0.2) is 0 Å². The van der Waals surface area contributed by atoms with E-state index in [1.165, 1.54) is 12.8 Å². The summed E-state index contributed by atoms with van der Waals surface area (Å²) in [5.74, 6) is 0.255. The minimum Gasteiger partial charge on any atom is -0.505 e. The van der Waals surface area contributed by atoms with Crippen LogP contribution in [0.5, 0.6) is 5.75 Å². The van der Waals surface area contributed by atoms with E-state index < -0.39 is 0 Å². The molecular formula is C20H19ClN2O. The van der Waals surface area contributed by atoms with Gasteiger partial charge in [-0.25, -0.2) is 0 Å². The van der Waals surface area contributed by atoms with Crippen LogP contribution in [0.2, 0.25) is 5.02 Å². The molecule has 1 aliphatic rings. The first-order valence-electron chi connectivity index (χ1n) is 8.31. The summed E-state index contributed by atoms with van der Waals surface area (Å²) >= 11 is 6.49. The second kappa shape index (κ2) is 6.42.